The molecule has 0 spiro atoms. The molecule has 1 N–H and O–H groups in total. The first-order valence-corrected chi connectivity index (χ1v) is 7.48. The fourth-order valence-corrected chi connectivity index (χ4v) is 2.49. The minimum Gasteiger partial charge on any atom is -0.491 e. The van der Waals surface area contributed by atoms with Gasteiger partial charge in [-0.25, -0.2) is 4.39 Å². The molecular formula is C16H16Cl2FNO2. The number of hydrogen-bond donors (Lipinski definition) is 1. The number of ether oxygens (including phenoxy) is 2. The second-order valence-corrected chi connectivity index (χ2v) is 5.34. The van der Waals surface area contributed by atoms with Crippen molar-refractivity contribution in [3.63, 3.8) is 0 Å². The third kappa shape index (κ3) is 3.96. The molecule has 0 aromatic heterocycles. The zero-order chi connectivity index (χ0) is 16.1. The van der Waals surface area contributed by atoms with Crippen LogP contribution in [0.2, 0.25) is 10.0 Å². The summed E-state index contributed by atoms with van der Waals surface area (Å²) in [6.07, 6.45) is 0. The minimum atomic E-state index is -0.446. The van der Waals surface area contributed by atoms with Crippen LogP contribution in [0.5, 0.6) is 11.5 Å². The quantitative estimate of drug-likeness (QED) is 0.786. The largest absolute Gasteiger partial charge is 0.491 e. The van der Waals surface area contributed by atoms with E-state index in [0.717, 1.165) is 11.3 Å². The van der Waals surface area contributed by atoms with Crippen LogP contribution in [0.4, 0.5) is 10.1 Å². The van der Waals surface area contributed by atoms with Gasteiger partial charge in [-0.3, -0.25) is 0 Å². The van der Waals surface area contributed by atoms with E-state index in [4.69, 9.17) is 32.7 Å². The highest BCUT2D eigenvalue weighted by Crippen LogP contribution is 2.36. The molecule has 0 heterocycles. The van der Waals surface area contributed by atoms with Crippen LogP contribution >= 0.6 is 23.2 Å². The summed E-state index contributed by atoms with van der Waals surface area (Å²) in [5.41, 5.74) is 1.63. The molecule has 118 valence electrons. The molecule has 0 aliphatic rings. The fourth-order valence-electron chi connectivity index (χ4n) is 1.99. The van der Waals surface area contributed by atoms with Crippen molar-refractivity contribution in [2.45, 2.75) is 13.5 Å². The molecule has 2 rings (SSSR count). The first-order valence-electron chi connectivity index (χ1n) is 6.73. The maximum Gasteiger partial charge on any atom is 0.179 e. The van der Waals surface area contributed by atoms with Crippen molar-refractivity contribution in [2.75, 3.05) is 19.0 Å². The van der Waals surface area contributed by atoms with E-state index in [-0.39, 0.29) is 5.02 Å². The maximum absolute atomic E-state index is 13.1. The Bertz CT molecular complexity index is 665. The summed E-state index contributed by atoms with van der Waals surface area (Å²) in [6, 6.07) is 8.12. The molecule has 0 aliphatic heterocycles. The maximum atomic E-state index is 13.1. The van der Waals surface area contributed by atoms with E-state index in [1.54, 1.807) is 19.2 Å². The second-order valence-electron chi connectivity index (χ2n) is 4.52. The summed E-state index contributed by atoms with van der Waals surface area (Å²) >= 11 is 11.9. The molecule has 0 radical (unpaired) electrons. The molecule has 2 aromatic rings. The summed E-state index contributed by atoms with van der Waals surface area (Å²) in [7, 11) is 1.54. The van der Waals surface area contributed by atoms with E-state index < -0.39 is 5.82 Å². The van der Waals surface area contributed by atoms with Gasteiger partial charge in [0.05, 0.1) is 23.8 Å². The number of benzene rings is 2. The zero-order valence-electron chi connectivity index (χ0n) is 12.3. The fraction of sp³-hybridized carbons (Fsp3) is 0.250. The number of hydrogen-bond acceptors (Lipinski definition) is 3. The molecule has 0 atom stereocenters. The van der Waals surface area contributed by atoms with E-state index in [0.29, 0.717) is 29.7 Å². The summed E-state index contributed by atoms with van der Waals surface area (Å²) in [4.78, 5) is 0. The van der Waals surface area contributed by atoms with Gasteiger partial charge in [0.1, 0.15) is 5.82 Å². The summed E-state index contributed by atoms with van der Waals surface area (Å²) < 4.78 is 23.9. The van der Waals surface area contributed by atoms with Crippen LogP contribution in [-0.4, -0.2) is 13.7 Å². The van der Waals surface area contributed by atoms with Gasteiger partial charge in [-0.2, -0.15) is 0 Å². The Morgan fingerprint density at radius 2 is 1.91 bits per heavy atom. The summed E-state index contributed by atoms with van der Waals surface area (Å²) in [5, 5.41) is 3.71. The Hall–Kier alpha value is -1.65. The molecule has 0 aliphatic carbocycles. The number of halogens is 3. The topological polar surface area (TPSA) is 30.5 Å². The highest BCUT2D eigenvalue weighted by molar-refractivity contribution is 6.32. The summed E-state index contributed by atoms with van der Waals surface area (Å²) in [5.74, 6) is 0.655. The Labute approximate surface area is 138 Å². The average Bonchev–Trinajstić information content (AvgIpc) is 2.49. The standard InChI is InChI=1S/C16H16Cl2FNO2/c1-3-22-15-7-10(6-13(18)16(15)21-2)9-20-11-4-5-14(19)12(17)8-11/h4-8,20H,3,9H2,1-2H3. The molecule has 3 nitrogen and oxygen atoms in total. The van der Waals surface area contributed by atoms with E-state index in [1.165, 1.54) is 12.1 Å². The molecular weight excluding hydrogens is 328 g/mol. The van der Waals surface area contributed by atoms with Gasteiger partial charge >= 0.3 is 0 Å². The lowest BCUT2D eigenvalue weighted by molar-refractivity contribution is 0.310. The zero-order valence-corrected chi connectivity index (χ0v) is 13.8. The molecule has 0 unspecified atom stereocenters. The Morgan fingerprint density at radius 3 is 2.55 bits per heavy atom. The van der Waals surface area contributed by atoms with Crippen molar-refractivity contribution in [1.82, 2.24) is 0 Å². The van der Waals surface area contributed by atoms with E-state index >= 15 is 0 Å². The minimum absolute atomic E-state index is 0.0766. The highest BCUT2D eigenvalue weighted by Gasteiger charge is 2.11. The molecule has 0 fully saturated rings. The van der Waals surface area contributed by atoms with Gasteiger partial charge in [-0.15, -0.1) is 0 Å². The molecule has 2 aromatic carbocycles. The Kier molecular flexibility index (Phi) is 5.75. The van der Waals surface area contributed by atoms with Crippen LogP contribution in [0.25, 0.3) is 0 Å². The number of nitrogens with one attached hydrogen (secondary N) is 1. The third-order valence-electron chi connectivity index (χ3n) is 2.99. The van der Waals surface area contributed by atoms with Crippen molar-refractivity contribution in [3.05, 3.63) is 51.8 Å². The van der Waals surface area contributed by atoms with Gasteiger partial charge < -0.3 is 14.8 Å². The van der Waals surface area contributed by atoms with Crippen LogP contribution in [0.3, 0.4) is 0 Å². The number of methoxy groups -OCH3 is 1. The number of anilines is 1. The highest BCUT2D eigenvalue weighted by atomic mass is 35.5. The Morgan fingerprint density at radius 1 is 1.14 bits per heavy atom. The predicted octanol–water partition coefficient (Wildman–Crippen LogP) is 5.15. The first kappa shape index (κ1) is 16.7. The van der Waals surface area contributed by atoms with Gasteiger partial charge in [0, 0.05) is 12.2 Å². The third-order valence-corrected chi connectivity index (χ3v) is 3.56. The Balaban J connectivity index is 2.17. The normalized spacial score (nSPS) is 10.4. The smallest absolute Gasteiger partial charge is 0.179 e. The number of rotatable bonds is 6. The lowest BCUT2D eigenvalue weighted by Gasteiger charge is -2.14. The van der Waals surface area contributed by atoms with Crippen molar-refractivity contribution >= 4 is 28.9 Å². The van der Waals surface area contributed by atoms with Gasteiger partial charge in [0.25, 0.3) is 0 Å². The molecule has 0 bridgehead atoms. The van der Waals surface area contributed by atoms with Crippen molar-refractivity contribution < 1.29 is 13.9 Å². The first-order chi connectivity index (χ1) is 10.5. The van der Waals surface area contributed by atoms with Crippen LogP contribution in [0, 0.1) is 5.82 Å². The van der Waals surface area contributed by atoms with Crippen LogP contribution in [0.1, 0.15) is 12.5 Å². The van der Waals surface area contributed by atoms with E-state index in [2.05, 4.69) is 5.32 Å². The van der Waals surface area contributed by atoms with Crippen molar-refractivity contribution in [1.29, 1.82) is 0 Å². The van der Waals surface area contributed by atoms with Crippen molar-refractivity contribution in [3.8, 4) is 11.5 Å². The molecule has 0 amide bonds. The monoisotopic (exact) mass is 343 g/mol. The van der Waals surface area contributed by atoms with E-state index in [9.17, 15) is 4.39 Å². The lowest BCUT2D eigenvalue weighted by Crippen LogP contribution is -2.02. The lowest BCUT2D eigenvalue weighted by atomic mass is 10.2. The molecule has 0 saturated carbocycles. The van der Waals surface area contributed by atoms with Gasteiger partial charge in [0.2, 0.25) is 0 Å². The SMILES string of the molecule is CCOc1cc(CNc2ccc(F)c(Cl)c2)cc(Cl)c1OC. The molecule has 0 saturated heterocycles. The second kappa shape index (κ2) is 7.56. The average molecular weight is 344 g/mol. The summed E-state index contributed by atoms with van der Waals surface area (Å²) in [6.45, 7) is 2.89. The van der Waals surface area contributed by atoms with Gasteiger partial charge in [-0.1, -0.05) is 23.2 Å². The molecule has 22 heavy (non-hydrogen) atoms. The van der Waals surface area contributed by atoms with Crippen LogP contribution in [-0.2, 0) is 6.54 Å². The molecule has 6 heteroatoms. The van der Waals surface area contributed by atoms with Crippen LogP contribution < -0.4 is 14.8 Å². The van der Waals surface area contributed by atoms with Crippen LogP contribution in [0.15, 0.2) is 30.3 Å². The predicted molar refractivity (Wildman–Crippen MR) is 87.9 cm³/mol. The van der Waals surface area contributed by atoms with Gasteiger partial charge in [-0.05, 0) is 42.8 Å². The van der Waals surface area contributed by atoms with Crippen molar-refractivity contribution in [2.24, 2.45) is 0 Å². The van der Waals surface area contributed by atoms with E-state index in [1.807, 2.05) is 13.0 Å². The van der Waals surface area contributed by atoms with Gasteiger partial charge in [0.15, 0.2) is 11.5 Å².